The van der Waals surface area contributed by atoms with E-state index in [1.165, 1.54) is 25.3 Å². The standard InChI is InChI=1S/C15H18ClFN2/c1-9(16)15-18-14-12(17)7-4-8-13(14)19(15)10(2)11-5-3-6-11/h4,7-11H,3,5-6H2,1-2H3. The van der Waals surface area contributed by atoms with Gasteiger partial charge < -0.3 is 4.57 Å². The number of para-hydroxylation sites is 1. The third-order valence-corrected chi connectivity index (χ3v) is 4.49. The lowest BCUT2D eigenvalue weighted by molar-refractivity contribution is 0.223. The summed E-state index contributed by atoms with van der Waals surface area (Å²) in [5.41, 5.74) is 1.30. The highest BCUT2D eigenvalue weighted by atomic mass is 35.5. The Balaban J connectivity index is 2.18. The van der Waals surface area contributed by atoms with Crippen LogP contribution in [-0.2, 0) is 0 Å². The Labute approximate surface area is 117 Å². The van der Waals surface area contributed by atoms with Gasteiger partial charge in [0.05, 0.1) is 10.9 Å². The van der Waals surface area contributed by atoms with E-state index in [-0.39, 0.29) is 11.2 Å². The summed E-state index contributed by atoms with van der Waals surface area (Å²) in [5.74, 6) is 1.17. The second kappa shape index (κ2) is 4.78. The first-order chi connectivity index (χ1) is 9.09. The molecule has 3 rings (SSSR count). The first kappa shape index (κ1) is 12.9. The van der Waals surface area contributed by atoms with Crippen molar-refractivity contribution in [2.75, 3.05) is 0 Å². The van der Waals surface area contributed by atoms with Crippen LogP contribution in [0.4, 0.5) is 4.39 Å². The third kappa shape index (κ3) is 2.04. The summed E-state index contributed by atoms with van der Waals surface area (Å²) in [6, 6.07) is 5.46. The van der Waals surface area contributed by atoms with Gasteiger partial charge in [-0.1, -0.05) is 12.5 Å². The molecule has 1 aromatic heterocycles. The van der Waals surface area contributed by atoms with Gasteiger partial charge in [-0.05, 0) is 44.7 Å². The summed E-state index contributed by atoms with van der Waals surface area (Å²) in [7, 11) is 0. The van der Waals surface area contributed by atoms with Crippen LogP contribution in [0.2, 0.25) is 0 Å². The second-order valence-corrected chi connectivity index (χ2v) is 6.15. The van der Waals surface area contributed by atoms with Gasteiger partial charge in [0, 0.05) is 6.04 Å². The van der Waals surface area contributed by atoms with Crippen LogP contribution in [-0.4, -0.2) is 9.55 Å². The zero-order valence-corrected chi connectivity index (χ0v) is 12.0. The molecule has 1 heterocycles. The smallest absolute Gasteiger partial charge is 0.151 e. The lowest BCUT2D eigenvalue weighted by Crippen LogP contribution is -2.24. The van der Waals surface area contributed by atoms with E-state index in [1.54, 1.807) is 6.07 Å². The van der Waals surface area contributed by atoms with Gasteiger partial charge >= 0.3 is 0 Å². The Bertz CT molecular complexity index is 601. The molecule has 0 N–H and O–H groups in total. The fourth-order valence-electron chi connectivity index (χ4n) is 2.94. The number of imidazole rings is 1. The number of rotatable bonds is 3. The molecular weight excluding hydrogens is 263 g/mol. The largest absolute Gasteiger partial charge is 0.324 e. The SMILES string of the molecule is CC(Cl)c1nc2c(F)cccc2n1C(C)C1CCC1. The van der Waals surface area contributed by atoms with Crippen LogP contribution < -0.4 is 0 Å². The Kier molecular flexibility index (Phi) is 3.25. The number of hydrogen-bond donors (Lipinski definition) is 0. The molecule has 102 valence electrons. The number of benzene rings is 1. The molecule has 0 spiro atoms. The fourth-order valence-corrected chi connectivity index (χ4v) is 3.10. The van der Waals surface area contributed by atoms with Crippen molar-refractivity contribution >= 4 is 22.6 Å². The van der Waals surface area contributed by atoms with E-state index in [2.05, 4.69) is 16.5 Å². The molecule has 2 aromatic rings. The van der Waals surface area contributed by atoms with Gasteiger partial charge in [-0.3, -0.25) is 0 Å². The first-order valence-corrected chi connectivity index (χ1v) is 7.33. The van der Waals surface area contributed by atoms with E-state index in [4.69, 9.17) is 11.6 Å². The van der Waals surface area contributed by atoms with Crippen molar-refractivity contribution in [3.63, 3.8) is 0 Å². The van der Waals surface area contributed by atoms with E-state index < -0.39 is 0 Å². The molecule has 1 aliphatic rings. The van der Waals surface area contributed by atoms with Crippen LogP contribution in [0.15, 0.2) is 18.2 Å². The number of alkyl halides is 1. The minimum atomic E-state index is -0.268. The summed E-state index contributed by atoms with van der Waals surface area (Å²) in [6.07, 6.45) is 3.78. The average molecular weight is 281 g/mol. The number of hydrogen-bond acceptors (Lipinski definition) is 1. The van der Waals surface area contributed by atoms with Crippen LogP contribution in [0, 0.1) is 11.7 Å². The molecule has 1 aromatic carbocycles. The molecule has 2 atom stereocenters. The maximum Gasteiger partial charge on any atom is 0.151 e. The Hall–Kier alpha value is -1.09. The van der Waals surface area contributed by atoms with Crippen molar-refractivity contribution < 1.29 is 4.39 Å². The summed E-state index contributed by atoms with van der Waals surface area (Å²) in [4.78, 5) is 4.43. The number of nitrogens with zero attached hydrogens (tertiary/aromatic N) is 2. The lowest BCUT2D eigenvalue weighted by atomic mass is 9.80. The monoisotopic (exact) mass is 280 g/mol. The molecule has 19 heavy (non-hydrogen) atoms. The quantitative estimate of drug-likeness (QED) is 0.736. The van der Waals surface area contributed by atoms with E-state index in [0.29, 0.717) is 17.5 Å². The van der Waals surface area contributed by atoms with Gasteiger partial charge in [0.25, 0.3) is 0 Å². The molecular formula is C15H18ClFN2. The van der Waals surface area contributed by atoms with E-state index >= 15 is 0 Å². The van der Waals surface area contributed by atoms with Crippen molar-refractivity contribution in [2.45, 2.75) is 44.5 Å². The van der Waals surface area contributed by atoms with Gasteiger partial charge in [0.1, 0.15) is 11.3 Å². The molecule has 4 heteroatoms. The van der Waals surface area contributed by atoms with Gasteiger partial charge in [-0.15, -0.1) is 11.6 Å². The summed E-state index contributed by atoms with van der Waals surface area (Å²) >= 11 is 6.24. The van der Waals surface area contributed by atoms with E-state index in [0.717, 1.165) is 11.3 Å². The minimum absolute atomic E-state index is 0.214. The average Bonchev–Trinajstić information content (AvgIpc) is 2.67. The normalized spacial score (nSPS) is 19.4. The Morgan fingerprint density at radius 1 is 1.37 bits per heavy atom. The molecule has 0 aliphatic heterocycles. The molecule has 1 saturated carbocycles. The molecule has 0 amide bonds. The van der Waals surface area contributed by atoms with Crippen LogP contribution in [0.1, 0.15) is 50.4 Å². The van der Waals surface area contributed by atoms with Gasteiger partial charge in [0.2, 0.25) is 0 Å². The summed E-state index contributed by atoms with van der Waals surface area (Å²) in [6.45, 7) is 4.09. The molecule has 0 saturated heterocycles. The number of fused-ring (bicyclic) bond motifs is 1. The zero-order valence-electron chi connectivity index (χ0n) is 11.2. The van der Waals surface area contributed by atoms with E-state index in [9.17, 15) is 4.39 Å². The molecule has 1 aliphatic carbocycles. The van der Waals surface area contributed by atoms with Crippen molar-refractivity contribution in [3.8, 4) is 0 Å². The second-order valence-electron chi connectivity index (χ2n) is 5.50. The number of halogens is 2. The van der Waals surface area contributed by atoms with Gasteiger partial charge in [-0.25, -0.2) is 9.37 Å². The Morgan fingerprint density at radius 2 is 2.11 bits per heavy atom. The molecule has 0 radical (unpaired) electrons. The van der Waals surface area contributed by atoms with Crippen molar-refractivity contribution in [2.24, 2.45) is 5.92 Å². The fraction of sp³-hybridized carbons (Fsp3) is 0.533. The van der Waals surface area contributed by atoms with Crippen LogP contribution in [0.3, 0.4) is 0 Å². The van der Waals surface area contributed by atoms with Crippen molar-refractivity contribution in [3.05, 3.63) is 29.8 Å². The Morgan fingerprint density at radius 3 is 2.68 bits per heavy atom. The lowest BCUT2D eigenvalue weighted by Gasteiger charge is -2.33. The topological polar surface area (TPSA) is 17.8 Å². The van der Waals surface area contributed by atoms with Gasteiger partial charge in [-0.2, -0.15) is 0 Å². The minimum Gasteiger partial charge on any atom is -0.324 e. The van der Waals surface area contributed by atoms with Crippen LogP contribution in [0.5, 0.6) is 0 Å². The highest BCUT2D eigenvalue weighted by Gasteiger charge is 2.29. The molecule has 2 unspecified atom stereocenters. The third-order valence-electron chi connectivity index (χ3n) is 4.29. The van der Waals surface area contributed by atoms with Crippen molar-refractivity contribution in [1.29, 1.82) is 0 Å². The zero-order chi connectivity index (χ0) is 13.6. The highest BCUT2D eigenvalue weighted by Crippen LogP contribution is 2.39. The van der Waals surface area contributed by atoms with E-state index in [1.807, 2.05) is 13.0 Å². The highest BCUT2D eigenvalue weighted by molar-refractivity contribution is 6.20. The molecule has 0 bridgehead atoms. The summed E-state index contributed by atoms with van der Waals surface area (Å²) < 4.78 is 16.0. The number of aromatic nitrogens is 2. The van der Waals surface area contributed by atoms with Crippen molar-refractivity contribution in [1.82, 2.24) is 9.55 Å². The van der Waals surface area contributed by atoms with Gasteiger partial charge in [0.15, 0.2) is 5.82 Å². The first-order valence-electron chi connectivity index (χ1n) is 6.90. The molecule has 1 fully saturated rings. The predicted molar refractivity (Wildman–Crippen MR) is 76.0 cm³/mol. The maximum absolute atomic E-state index is 13.9. The maximum atomic E-state index is 13.9. The predicted octanol–water partition coefficient (Wildman–Crippen LogP) is 4.84. The van der Waals surface area contributed by atoms with Crippen LogP contribution in [0.25, 0.3) is 11.0 Å². The van der Waals surface area contributed by atoms with Crippen LogP contribution >= 0.6 is 11.6 Å². The summed E-state index contributed by atoms with van der Waals surface area (Å²) in [5, 5.41) is -0.214. The molecule has 2 nitrogen and oxygen atoms in total.